The van der Waals surface area contributed by atoms with Gasteiger partial charge >= 0.3 is 0 Å². The number of ketones is 1. The molecule has 1 nitrogen and oxygen atoms in total. The van der Waals surface area contributed by atoms with Crippen LogP contribution in [0, 0.1) is 5.82 Å². The molecule has 98 valence electrons. The second-order valence-corrected chi connectivity index (χ2v) is 4.72. The predicted molar refractivity (Wildman–Crippen MR) is 73.4 cm³/mol. The maximum Gasteiger partial charge on any atom is 0.145 e. The quantitative estimate of drug-likeness (QED) is 0.492. The molecule has 1 aromatic carbocycles. The Morgan fingerprint density at radius 3 is 2.83 bits per heavy atom. The smallest absolute Gasteiger partial charge is 0.145 e. The van der Waals surface area contributed by atoms with E-state index in [0.29, 0.717) is 12.0 Å². The zero-order valence-corrected chi connectivity index (χ0v) is 11.2. The van der Waals surface area contributed by atoms with Crippen molar-refractivity contribution >= 4 is 17.4 Å². The van der Waals surface area contributed by atoms with Gasteiger partial charge in [0.1, 0.15) is 11.6 Å². The minimum atomic E-state index is -0.473. The number of carbonyl (C=O) groups is 1. The van der Waals surface area contributed by atoms with Gasteiger partial charge in [-0.05, 0) is 30.9 Å². The largest absolute Gasteiger partial charge is 0.299 e. The zero-order chi connectivity index (χ0) is 13.4. The Hall–Kier alpha value is -1.15. The van der Waals surface area contributed by atoms with E-state index in [1.807, 2.05) is 6.08 Å². The highest BCUT2D eigenvalue weighted by Gasteiger charge is 2.10. The summed E-state index contributed by atoms with van der Waals surface area (Å²) in [5, 5.41) is 0.0753. The Labute approximate surface area is 113 Å². The van der Waals surface area contributed by atoms with Gasteiger partial charge in [0, 0.05) is 12.8 Å². The lowest BCUT2D eigenvalue weighted by Gasteiger charge is -2.04. The van der Waals surface area contributed by atoms with Gasteiger partial charge in [-0.3, -0.25) is 4.79 Å². The van der Waals surface area contributed by atoms with E-state index in [4.69, 9.17) is 11.6 Å². The second-order valence-electron chi connectivity index (χ2n) is 4.32. The zero-order valence-electron chi connectivity index (χ0n) is 10.4. The fraction of sp³-hybridized carbons (Fsp3) is 0.400. The molecule has 0 N–H and O–H groups in total. The van der Waals surface area contributed by atoms with Crippen LogP contribution in [0.3, 0.4) is 0 Å². The lowest BCUT2D eigenvalue weighted by atomic mass is 10.0. The number of benzene rings is 1. The van der Waals surface area contributed by atoms with Gasteiger partial charge in [-0.2, -0.15) is 0 Å². The molecule has 0 unspecified atom stereocenters. The standard InChI is InChI=1S/C15H18ClFO/c1-2-3-4-5-6-9-13(18)11-12-8-7-10-14(16)15(12)17/h2,7-8,10H,1,3-6,9,11H2. The van der Waals surface area contributed by atoms with Gasteiger partial charge in [-0.15, -0.1) is 6.58 Å². The summed E-state index contributed by atoms with van der Waals surface area (Å²) < 4.78 is 13.6. The van der Waals surface area contributed by atoms with Crippen molar-refractivity contribution in [3.8, 4) is 0 Å². The molecule has 1 rings (SSSR count). The van der Waals surface area contributed by atoms with Crippen molar-refractivity contribution in [3.05, 3.63) is 47.3 Å². The van der Waals surface area contributed by atoms with E-state index in [-0.39, 0.29) is 17.2 Å². The van der Waals surface area contributed by atoms with E-state index in [1.165, 1.54) is 6.07 Å². The van der Waals surface area contributed by atoms with E-state index >= 15 is 0 Å². The normalized spacial score (nSPS) is 10.3. The average Bonchev–Trinajstić information content (AvgIpc) is 2.35. The summed E-state index contributed by atoms with van der Waals surface area (Å²) in [6.07, 6.45) is 6.42. The fourth-order valence-electron chi connectivity index (χ4n) is 1.77. The molecule has 1 aromatic rings. The minimum absolute atomic E-state index is 0.0646. The molecule has 3 heteroatoms. The molecule has 0 aliphatic carbocycles. The van der Waals surface area contributed by atoms with Crippen LogP contribution in [0.5, 0.6) is 0 Å². The molecule has 0 radical (unpaired) electrons. The van der Waals surface area contributed by atoms with Crippen molar-refractivity contribution in [3.63, 3.8) is 0 Å². The summed E-state index contributed by atoms with van der Waals surface area (Å²) in [6, 6.07) is 4.76. The van der Waals surface area contributed by atoms with Crippen molar-refractivity contribution < 1.29 is 9.18 Å². The molecule has 18 heavy (non-hydrogen) atoms. The highest BCUT2D eigenvalue weighted by atomic mass is 35.5. The molecule has 0 aromatic heterocycles. The van der Waals surface area contributed by atoms with Gasteiger partial charge in [0.05, 0.1) is 5.02 Å². The van der Waals surface area contributed by atoms with Crippen LogP contribution in [-0.4, -0.2) is 5.78 Å². The highest BCUT2D eigenvalue weighted by molar-refractivity contribution is 6.30. The van der Waals surface area contributed by atoms with Crippen molar-refractivity contribution in [2.75, 3.05) is 0 Å². The summed E-state index contributed by atoms with van der Waals surface area (Å²) in [4.78, 5) is 11.7. The van der Waals surface area contributed by atoms with Gasteiger partial charge in [0.15, 0.2) is 0 Å². The summed E-state index contributed by atoms with van der Waals surface area (Å²) in [6.45, 7) is 3.65. The van der Waals surface area contributed by atoms with Crippen LogP contribution in [0.4, 0.5) is 4.39 Å². The Balaban J connectivity index is 2.36. The molecule has 0 bridgehead atoms. The first-order valence-corrected chi connectivity index (χ1v) is 6.58. The molecule has 0 saturated heterocycles. The number of Topliss-reactive ketones (excluding diaryl/α,β-unsaturated/α-hetero) is 1. The molecular formula is C15H18ClFO. The number of hydrogen-bond acceptors (Lipinski definition) is 1. The SMILES string of the molecule is C=CCCCCCC(=O)Cc1cccc(Cl)c1F. The first-order valence-electron chi connectivity index (χ1n) is 6.20. The molecule has 0 fully saturated rings. The Kier molecular flexibility index (Phi) is 6.66. The number of halogens is 2. The van der Waals surface area contributed by atoms with Crippen LogP contribution in [-0.2, 0) is 11.2 Å². The summed E-state index contributed by atoms with van der Waals surface area (Å²) in [7, 11) is 0. The third kappa shape index (κ3) is 5.01. The van der Waals surface area contributed by atoms with E-state index in [0.717, 1.165) is 25.7 Å². The molecule has 0 aliphatic heterocycles. The van der Waals surface area contributed by atoms with Gasteiger partial charge in [0.2, 0.25) is 0 Å². The Morgan fingerprint density at radius 1 is 1.33 bits per heavy atom. The van der Waals surface area contributed by atoms with Gasteiger partial charge in [0.25, 0.3) is 0 Å². The first-order chi connectivity index (χ1) is 8.65. The number of unbranched alkanes of at least 4 members (excludes halogenated alkanes) is 3. The maximum atomic E-state index is 13.6. The lowest BCUT2D eigenvalue weighted by molar-refractivity contribution is -0.118. The summed E-state index contributed by atoms with van der Waals surface area (Å²) >= 11 is 5.66. The van der Waals surface area contributed by atoms with Crippen LogP contribution < -0.4 is 0 Å². The average molecular weight is 269 g/mol. The van der Waals surface area contributed by atoms with E-state index < -0.39 is 5.82 Å². The van der Waals surface area contributed by atoms with Crippen molar-refractivity contribution in [2.45, 2.75) is 38.5 Å². The van der Waals surface area contributed by atoms with Crippen LogP contribution in [0.1, 0.15) is 37.7 Å². The van der Waals surface area contributed by atoms with Crippen molar-refractivity contribution in [1.82, 2.24) is 0 Å². The molecular weight excluding hydrogens is 251 g/mol. The van der Waals surface area contributed by atoms with E-state index in [1.54, 1.807) is 12.1 Å². The predicted octanol–water partition coefficient (Wildman–Crippen LogP) is 4.73. The monoisotopic (exact) mass is 268 g/mol. The molecule has 0 heterocycles. The third-order valence-corrected chi connectivity index (χ3v) is 3.07. The number of rotatable bonds is 8. The molecule has 0 saturated carbocycles. The topological polar surface area (TPSA) is 17.1 Å². The van der Waals surface area contributed by atoms with Crippen LogP contribution in [0.25, 0.3) is 0 Å². The first kappa shape index (κ1) is 14.9. The summed E-state index contributed by atoms with van der Waals surface area (Å²) in [5.41, 5.74) is 0.388. The van der Waals surface area contributed by atoms with Crippen molar-refractivity contribution in [2.24, 2.45) is 0 Å². The van der Waals surface area contributed by atoms with Gasteiger partial charge in [-0.1, -0.05) is 36.2 Å². The summed E-state index contributed by atoms with van der Waals surface area (Å²) in [5.74, 6) is -0.408. The van der Waals surface area contributed by atoms with Crippen LogP contribution in [0.2, 0.25) is 5.02 Å². The lowest BCUT2D eigenvalue weighted by Crippen LogP contribution is -2.04. The minimum Gasteiger partial charge on any atom is -0.299 e. The fourth-order valence-corrected chi connectivity index (χ4v) is 1.97. The van der Waals surface area contributed by atoms with Crippen LogP contribution in [0.15, 0.2) is 30.9 Å². The third-order valence-electron chi connectivity index (χ3n) is 2.78. The molecule has 0 amide bonds. The van der Waals surface area contributed by atoms with Gasteiger partial charge in [-0.25, -0.2) is 4.39 Å². The number of hydrogen-bond donors (Lipinski definition) is 0. The number of allylic oxidation sites excluding steroid dienone is 1. The maximum absolute atomic E-state index is 13.6. The Bertz CT molecular complexity index is 415. The van der Waals surface area contributed by atoms with Crippen molar-refractivity contribution in [1.29, 1.82) is 0 Å². The highest BCUT2D eigenvalue weighted by Crippen LogP contribution is 2.19. The Morgan fingerprint density at radius 2 is 2.11 bits per heavy atom. The van der Waals surface area contributed by atoms with E-state index in [9.17, 15) is 9.18 Å². The number of carbonyl (C=O) groups excluding carboxylic acids is 1. The second kappa shape index (κ2) is 8.04. The van der Waals surface area contributed by atoms with Gasteiger partial charge < -0.3 is 0 Å². The van der Waals surface area contributed by atoms with Crippen LogP contribution >= 0.6 is 11.6 Å². The molecule has 0 aliphatic rings. The van der Waals surface area contributed by atoms with E-state index in [2.05, 4.69) is 6.58 Å². The molecule has 0 spiro atoms. The molecule has 0 atom stereocenters.